The quantitative estimate of drug-likeness (QED) is 0.739. The van der Waals surface area contributed by atoms with Crippen LogP contribution < -0.4 is 15.2 Å². The Balaban J connectivity index is 2.06. The zero-order valence-corrected chi connectivity index (χ0v) is 12.0. The lowest BCUT2D eigenvalue weighted by molar-refractivity contribution is 0.415. The molecule has 0 saturated heterocycles. The number of methoxy groups -OCH3 is 1. The van der Waals surface area contributed by atoms with Gasteiger partial charge in [-0.3, -0.25) is 0 Å². The Bertz CT molecular complexity index is 800. The summed E-state index contributed by atoms with van der Waals surface area (Å²) in [6.07, 6.45) is 1.71. The van der Waals surface area contributed by atoms with E-state index in [0.29, 0.717) is 17.3 Å². The Labute approximate surface area is 123 Å². The van der Waals surface area contributed by atoms with Gasteiger partial charge < -0.3 is 15.2 Å². The highest BCUT2D eigenvalue weighted by atomic mass is 16.5. The van der Waals surface area contributed by atoms with Crippen LogP contribution in [0.2, 0.25) is 0 Å². The van der Waals surface area contributed by atoms with Crippen molar-refractivity contribution in [3.63, 3.8) is 0 Å². The van der Waals surface area contributed by atoms with Crippen molar-refractivity contribution in [2.24, 2.45) is 0 Å². The van der Waals surface area contributed by atoms with Gasteiger partial charge in [-0.15, -0.1) is 0 Å². The molecular weight excluding hydrogens is 264 g/mol. The molecule has 2 N–H and O–H groups in total. The first kappa shape index (κ1) is 13.2. The number of aromatic nitrogens is 1. The van der Waals surface area contributed by atoms with Gasteiger partial charge in [-0.1, -0.05) is 6.07 Å². The van der Waals surface area contributed by atoms with E-state index in [1.54, 1.807) is 13.3 Å². The summed E-state index contributed by atoms with van der Waals surface area (Å²) in [7, 11) is 1.65. The lowest BCUT2D eigenvalue weighted by atomic mass is 10.1. The summed E-state index contributed by atoms with van der Waals surface area (Å²) < 4.78 is 11.1. The van der Waals surface area contributed by atoms with E-state index in [-0.39, 0.29) is 0 Å². The molecular formula is C17H16N2O2. The first-order chi connectivity index (χ1) is 10.2. The zero-order valence-electron chi connectivity index (χ0n) is 12.0. The lowest BCUT2D eigenvalue weighted by Gasteiger charge is -2.11. The molecule has 0 atom stereocenters. The number of hydrogen-bond acceptors (Lipinski definition) is 4. The van der Waals surface area contributed by atoms with Crippen molar-refractivity contribution in [2.45, 2.75) is 6.92 Å². The molecule has 4 heteroatoms. The fourth-order valence-corrected chi connectivity index (χ4v) is 2.17. The fraction of sp³-hybridized carbons (Fsp3) is 0.118. The molecule has 0 spiro atoms. The van der Waals surface area contributed by atoms with Crippen molar-refractivity contribution in [3.8, 4) is 17.4 Å². The van der Waals surface area contributed by atoms with Gasteiger partial charge in [0.1, 0.15) is 5.75 Å². The van der Waals surface area contributed by atoms with E-state index in [4.69, 9.17) is 15.2 Å². The number of pyridine rings is 1. The van der Waals surface area contributed by atoms with Crippen molar-refractivity contribution >= 4 is 16.5 Å². The smallest absolute Gasteiger partial charge is 0.227 e. The number of anilines is 1. The SMILES string of the molecule is COc1ccc2c(Oc3cc(C)ccc3N)nccc2c1. The molecule has 0 aliphatic rings. The van der Waals surface area contributed by atoms with Crippen LogP contribution in [-0.2, 0) is 0 Å². The number of ether oxygens (including phenoxy) is 2. The maximum Gasteiger partial charge on any atom is 0.227 e. The molecule has 3 aromatic rings. The summed E-state index contributed by atoms with van der Waals surface area (Å²) in [6.45, 7) is 1.99. The van der Waals surface area contributed by atoms with Crippen LogP contribution in [0.1, 0.15) is 5.56 Å². The summed E-state index contributed by atoms with van der Waals surface area (Å²) in [5.74, 6) is 1.95. The van der Waals surface area contributed by atoms with Crippen LogP contribution in [0.3, 0.4) is 0 Å². The number of nitrogens with two attached hydrogens (primary N) is 1. The largest absolute Gasteiger partial charge is 0.497 e. The molecule has 0 saturated carbocycles. The maximum absolute atomic E-state index is 5.95. The van der Waals surface area contributed by atoms with Gasteiger partial charge >= 0.3 is 0 Å². The van der Waals surface area contributed by atoms with Crippen LogP contribution in [0, 0.1) is 6.92 Å². The molecule has 0 fully saturated rings. The summed E-state index contributed by atoms with van der Waals surface area (Å²) in [5, 5.41) is 1.92. The molecule has 1 heterocycles. The van der Waals surface area contributed by atoms with Crippen molar-refractivity contribution < 1.29 is 9.47 Å². The Hall–Kier alpha value is -2.75. The number of rotatable bonds is 3. The van der Waals surface area contributed by atoms with Gasteiger partial charge in [-0.25, -0.2) is 4.98 Å². The van der Waals surface area contributed by atoms with E-state index in [9.17, 15) is 0 Å². The van der Waals surface area contributed by atoms with Gasteiger partial charge in [0.2, 0.25) is 5.88 Å². The highest BCUT2D eigenvalue weighted by Crippen LogP contribution is 2.32. The molecule has 106 valence electrons. The fourth-order valence-electron chi connectivity index (χ4n) is 2.17. The Morgan fingerprint density at radius 2 is 1.90 bits per heavy atom. The van der Waals surface area contributed by atoms with Crippen molar-refractivity contribution in [1.29, 1.82) is 0 Å². The standard InChI is InChI=1S/C17H16N2O2/c1-11-3-6-15(18)16(9-11)21-17-14-5-4-13(20-2)10-12(14)7-8-19-17/h3-10H,18H2,1-2H3. The van der Waals surface area contributed by atoms with E-state index in [2.05, 4.69) is 4.98 Å². The highest BCUT2D eigenvalue weighted by molar-refractivity contribution is 5.88. The molecule has 0 bridgehead atoms. The topological polar surface area (TPSA) is 57.4 Å². The molecule has 3 rings (SSSR count). The van der Waals surface area contributed by atoms with Gasteiger partial charge in [0.25, 0.3) is 0 Å². The number of nitrogens with zero attached hydrogens (tertiary/aromatic N) is 1. The van der Waals surface area contributed by atoms with E-state index >= 15 is 0 Å². The normalized spacial score (nSPS) is 10.6. The molecule has 0 unspecified atom stereocenters. The zero-order chi connectivity index (χ0) is 14.8. The number of aryl methyl sites for hydroxylation is 1. The monoisotopic (exact) mass is 280 g/mol. The van der Waals surface area contributed by atoms with Crippen LogP contribution in [-0.4, -0.2) is 12.1 Å². The number of hydrogen-bond donors (Lipinski definition) is 1. The Kier molecular flexibility index (Phi) is 3.36. The van der Waals surface area contributed by atoms with Gasteiger partial charge in [0.15, 0.2) is 5.75 Å². The maximum atomic E-state index is 5.95. The predicted molar refractivity (Wildman–Crippen MR) is 84.0 cm³/mol. The van der Waals surface area contributed by atoms with E-state index in [1.165, 1.54) is 0 Å². The first-order valence-electron chi connectivity index (χ1n) is 6.64. The van der Waals surface area contributed by atoms with Crippen molar-refractivity contribution in [1.82, 2.24) is 4.98 Å². The van der Waals surface area contributed by atoms with Crippen molar-refractivity contribution in [2.75, 3.05) is 12.8 Å². The van der Waals surface area contributed by atoms with Crippen LogP contribution in [0.15, 0.2) is 48.7 Å². The summed E-state index contributed by atoms with van der Waals surface area (Å²) >= 11 is 0. The average Bonchev–Trinajstić information content (AvgIpc) is 2.50. The average molecular weight is 280 g/mol. The molecule has 1 aromatic heterocycles. The number of fused-ring (bicyclic) bond motifs is 1. The third-order valence-electron chi connectivity index (χ3n) is 3.31. The molecule has 0 amide bonds. The second-order valence-electron chi connectivity index (χ2n) is 4.85. The van der Waals surface area contributed by atoms with E-state index in [1.807, 2.05) is 49.4 Å². The first-order valence-corrected chi connectivity index (χ1v) is 6.64. The Morgan fingerprint density at radius 1 is 1.05 bits per heavy atom. The van der Waals surface area contributed by atoms with Crippen LogP contribution in [0.25, 0.3) is 10.8 Å². The van der Waals surface area contributed by atoms with Gasteiger partial charge in [0, 0.05) is 11.6 Å². The highest BCUT2D eigenvalue weighted by Gasteiger charge is 2.08. The minimum absolute atomic E-state index is 0.535. The van der Waals surface area contributed by atoms with Crippen LogP contribution in [0.5, 0.6) is 17.4 Å². The van der Waals surface area contributed by atoms with Crippen LogP contribution >= 0.6 is 0 Å². The number of nitrogen functional groups attached to an aromatic ring is 1. The lowest BCUT2D eigenvalue weighted by Crippen LogP contribution is -1.95. The molecule has 4 nitrogen and oxygen atoms in total. The molecule has 0 aliphatic heterocycles. The second-order valence-corrected chi connectivity index (χ2v) is 4.85. The third kappa shape index (κ3) is 2.60. The third-order valence-corrected chi connectivity index (χ3v) is 3.31. The van der Waals surface area contributed by atoms with E-state index in [0.717, 1.165) is 22.1 Å². The minimum atomic E-state index is 0.535. The van der Waals surface area contributed by atoms with Gasteiger partial charge in [-0.2, -0.15) is 0 Å². The molecule has 2 aromatic carbocycles. The van der Waals surface area contributed by atoms with Crippen LogP contribution in [0.4, 0.5) is 5.69 Å². The molecule has 0 aliphatic carbocycles. The summed E-state index contributed by atoms with van der Waals surface area (Å²) in [5.41, 5.74) is 7.63. The van der Waals surface area contributed by atoms with E-state index < -0.39 is 0 Å². The Morgan fingerprint density at radius 3 is 2.71 bits per heavy atom. The number of benzene rings is 2. The summed E-state index contributed by atoms with van der Waals surface area (Å²) in [6, 6.07) is 13.4. The second kappa shape index (κ2) is 5.32. The molecule has 21 heavy (non-hydrogen) atoms. The van der Waals surface area contributed by atoms with Gasteiger partial charge in [-0.05, 0) is 54.3 Å². The predicted octanol–water partition coefficient (Wildman–Crippen LogP) is 3.93. The van der Waals surface area contributed by atoms with Crippen molar-refractivity contribution in [3.05, 3.63) is 54.2 Å². The molecule has 0 radical (unpaired) electrons. The minimum Gasteiger partial charge on any atom is -0.497 e. The van der Waals surface area contributed by atoms with Gasteiger partial charge in [0.05, 0.1) is 12.8 Å². The summed E-state index contributed by atoms with van der Waals surface area (Å²) in [4.78, 5) is 4.31.